The molecule has 3 nitrogen and oxygen atoms in total. The van der Waals surface area contributed by atoms with Crippen molar-refractivity contribution in [3.8, 4) is 11.5 Å². The minimum absolute atomic E-state index is 0.701. The summed E-state index contributed by atoms with van der Waals surface area (Å²) in [5.74, 6) is 3.02. The number of aromatic amines is 1. The van der Waals surface area contributed by atoms with Gasteiger partial charge in [0.15, 0.2) is 11.5 Å². The van der Waals surface area contributed by atoms with E-state index in [1.165, 1.54) is 23.1 Å². The van der Waals surface area contributed by atoms with E-state index >= 15 is 0 Å². The average molecular weight is 294 g/mol. The minimum Gasteiger partial charge on any atom is -0.493 e. The highest BCUT2D eigenvalue weighted by atomic mass is 35.5. The summed E-state index contributed by atoms with van der Waals surface area (Å²) >= 11 is 5.90. The molecule has 0 fully saturated rings. The number of fused-ring (bicyclic) bond motifs is 3. The quantitative estimate of drug-likeness (QED) is 0.867. The summed E-state index contributed by atoms with van der Waals surface area (Å²) in [5.41, 5.74) is 3.93. The Hall–Kier alpha value is -1.35. The molecule has 1 heterocycles. The Labute approximate surface area is 124 Å². The molecule has 0 spiro atoms. The lowest BCUT2D eigenvalue weighted by molar-refractivity contribution is 0.356. The maximum Gasteiger partial charge on any atom is 0.162 e. The monoisotopic (exact) mass is 293 g/mol. The van der Waals surface area contributed by atoms with Gasteiger partial charge in [0.05, 0.1) is 14.2 Å². The Morgan fingerprint density at radius 2 is 2.00 bits per heavy atom. The number of rotatable bonds is 4. The molecule has 0 amide bonds. The number of ether oxygens (including phenoxy) is 2. The first kappa shape index (κ1) is 13.6. The highest BCUT2D eigenvalue weighted by molar-refractivity contribution is 6.17. The molecule has 1 aromatic carbocycles. The van der Waals surface area contributed by atoms with Crippen molar-refractivity contribution in [3.05, 3.63) is 23.4 Å². The highest BCUT2D eigenvalue weighted by Gasteiger charge is 2.23. The fourth-order valence-corrected chi connectivity index (χ4v) is 3.53. The first-order valence-corrected chi connectivity index (χ1v) is 7.61. The van der Waals surface area contributed by atoms with Crippen molar-refractivity contribution >= 4 is 22.5 Å². The second kappa shape index (κ2) is 5.57. The molecule has 1 unspecified atom stereocenters. The molecule has 1 N–H and O–H groups in total. The predicted octanol–water partition coefficient (Wildman–Crippen LogP) is 3.92. The number of alkyl halides is 1. The number of halogens is 1. The van der Waals surface area contributed by atoms with Crippen molar-refractivity contribution in [2.45, 2.75) is 25.7 Å². The molecule has 2 aromatic rings. The lowest BCUT2D eigenvalue weighted by atomic mass is 9.85. The molecule has 0 aliphatic heterocycles. The average Bonchev–Trinajstić information content (AvgIpc) is 2.83. The Bertz CT molecular complexity index is 620. The summed E-state index contributed by atoms with van der Waals surface area (Å²) in [6, 6.07) is 4.12. The number of aryl methyl sites for hydroxylation is 1. The highest BCUT2D eigenvalue weighted by Crippen LogP contribution is 2.38. The standard InChI is InChI=1S/C16H20ClNO2/c1-19-15-8-12-11-7-10(5-6-17)3-4-13(11)18-14(12)9-16(15)20-2/h8-10,18H,3-7H2,1-2H3. The Balaban J connectivity index is 2.06. The lowest BCUT2D eigenvalue weighted by Crippen LogP contribution is -2.13. The molecular weight excluding hydrogens is 274 g/mol. The molecule has 0 bridgehead atoms. The van der Waals surface area contributed by atoms with Crippen LogP contribution in [0.15, 0.2) is 12.1 Å². The summed E-state index contributed by atoms with van der Waals surface area (Å²) in [6.45, 7) is 0. The van der Waals surface area contributed by atoms with E-state index in [0.717, 1.165) is 42.2 Å². The van der Waals surface area contributed by atoms with Gasteiger partial charge in [0.2, 0.25) is 0 Å². The van der Waals surface area contributed by atoms with Crippen molar-refractivity contribution in [2.24, 2.45) is 5.92 Å². The van der Waals surface area contributed by atoms with Crippen LogP contribution in [0.5, 0.6) is 11.5 Å². The van der Waals surface area contributed by atoms with E-state index in [9.17, 15) is 0 Å². The van der Waals surface area contributed by atoms with Crippen LogP contribution in [-0.4, -0.2) is 25.1 Å². The third-order valence-corrected chi connectivity index (χ3v) is 4.53. The van der Waals surface area contributed by atoms with E-state index in [0.29, 0.717) is 5.92 Å². The molecule has 4 heteroatoms. The van der Waals surface area contributed by atoms with E-state index in [4.69, 9.17) is 21.1 Å². The summed E-state index contributed by atoms with van der Waals surface area (Å²) in [4.78, 5) is 3.54. The third-order valence-electron chi connectivity index (χ3n) is 4.31. The Morgan fingerprint density at radius 1 is 1.25 bits per heavy atom. The number of methoxy groups -OCH3 is 2. The van der Waals surface area contributed by atoms with Gasteiger partial charge in [0.1, 0.15) is 0 Å². The van der Waals surface area contributed by atoms with Gasteiger partial charge in [0, 0.05) is 28.5 Å². The molecule has 0 radical (unpaired) electrons. The number of hydrogen-bond acceptors (Lipinski definition) is 2. The summed E-state index contributed by atoms with van der Waals surface area (Å²) < 4.78 is 10.8. The van der Waals surface area contributed by atoms with Gasteiger partial charge in [-0.3, -0.25) is 0 Å². The SMILES string of the molecule is COc1cc2[nH]c3c(c2cc1OC)CC(CCCl)CC3. The van der Waals surface area contributed by atoms with E-state index in [-0.39, 0.29) is 0 Å². The topological polar surface area (TPSA) is 34.2 Å². The molecule has 108 valence electrons. The maximum atomic E-state index is 5.90. The molecular formula is C16H20ClNO2. The van der Waals surface area contributed by atoms with Crippen LogP contribution in [0.3, 0.4) is 0 Å². The fraction of sp³-hybridized carbons (Fsp3) is 0.500. The van der Waals surface area contributed by atoms with E-state index < -0.39 is 0 Å². The second-order valence-electron chi connectivity index (χ2n) is 5.42. The molecule has 1 aliphatic rings. The molecule has 1 atom stereocenters. The van der Waals surface area contributed by atoms with Gasteiger partial charge in [-0.15, -0.1) is 11.6 Å². The molecule has 3 rings (SSSR count). The first-order chi connectivity index (χ1) is 9.76. The van der Waals surface area contributed by atoms with Crippen molar-refractivity contribution in [1.29, 1.82) is 0 Å². The van der Waals surface area contributed by atoms with Crippen LogP contribution in [-0.2, 0) is 12.8 Å². The zero-order valence-corrected chi connectivity index (χ0v) is 12.7. The molecule has 0 saturated heterocycles. The number of H-pyrrole nitrogens is 1. The smallest absolute Gasteiger partial charge is 0.162 e. The van der Waals surface area contributed by atoms with E-state index in [2.05, 4.69) is 11.1 Å². The molecule has 0 saturated carbocycles. The summed E-state index contributed by atoms with van der Waals surface area (Å²) in [6.07, 6.45) is 4.54. The summed E-state index contributed by atoms with van der Waals surface area (Å²) in [7, 11) is 3.35. The Morgan fingerprint density at radius 3 is 2.70 bits per heavy atom. The number of aromatic nitrogens is 1. The van der Waals surface area contributed by atoms with Crippen LogP contribution in [0.4, 0.5) is 0 Å². The van der Waals surface area contributed by atoms with Crippen LogP contribution in [0, 0.1) is 5.92 Å². The van der Waals surface area contributed by atoms with Gasteiger partial charge in [0.25, 0.3) is 0 Å². The predicted molar refractivity (Wildman–Crippen MR) is 82.3 cm³/mol. The van der Waals surface area contributed by atoms with Crippen LogP contribution in [0.1, 0.15) is 24.1 Å². The summed E-state index contributed by atoms with van der Waals surface area (Å²) in [5, 5.41) is 1.26. The Kier molecular flexibility index (Phi) is 3.79. The van der Waals surface area contributed by atoms with Gasteiger partial charge in [-0.2, -0.15) is 0 Å². The van der Waals surface area contributed by atoms with Gasteiger partial charge in [-0.05, 0) is 43.2 Å². The van der Waals surface area contributed by atoms with Crippen molar-refractivity contribution < 1.29 is 9.47 Å². The van der Waals surface area contributed by atoms with Crippen molar-refractivity contribution in [3.63, 3.8) is 0 Å². The van der Waals surface area contributed by atoms with Crippen molar-refractivity contribution in [1.82, 2.24) is 4.98 Å². The van der Waals surface area contributed by atoms with Crippen LogP contribution in [0.2, 0.25) is 0 Å². The maximum absolute atomic E-state index is 5.90. The fourth-order valence-electron chi connectivity index (χ4n) is 3.22. The van der Waals surface area contributed by atoms with E-state index in [1.807, 2.05) is 6.07 Å². The van der Waals surface area contributed by atoms with Crippen LogP contribution < -0.4 is 9.47 Å². The third kappa shape index (κ3) is 2.24. The van der Waals surface area contributed by atoms with Crippen LogP contribution in [0.25, 0.3) is 10.9 Å². The van der Waals surface area contributed by atoms with Gasteiger partial charge in [-0.1, -0.05) is 0 Å². The normalized spacial score (nSPS) is 18.1. The van der Waals surface area contributed by atoms with Gasteiger partial charge >= 0.3 is 0 Å². The second-order valence-corrected chi connectivity index (χ2v) is 5.80. The first-order valence-electron chi connectivity index (χ1n) is 7.08. The zero-order valence-electron chi connectivity index (χ0n) is 12.0. The minimum atomic E-state index is 0.701. The molecule has 20 heavy (non-hydrogen) atoms. The van der Waals surface area contributed by atoms with Gasteiger partial charge < -0.3 is 14.5 Å². The number of nitrogens with one attached hydrogen (secondary N) is 1. The van der Waals surface area contributed by atoms with Crippen LogP contribution >= 0.6 is 11.6 Å². The molecule has 1 aromatic heterocycles. The van der Waals surface area contributed by atoms with Crippen molar-refractivity contribution in [2.75, 3.05) is 20.1 Å². The zero-order chi connectivity index (χ0) is 14.1. The number of hydrogen-bond donors (Lipinski definition) is 1. The van der Waals surface area contributed by atoms with Gasteiger partial charge in [-0.25, -0.2) is 0 Å². The lowest BCUT2D eigenvalue weighted by Gasteiger charge is -2.21. The number of benzene rings is 1. The van der Waals surface area contributed by atoms with E-state index in [1.54, 1.807) is 14.2 Å². The molecule has 1 aliphatic carbocycles. The largest absolute Gasteiger partial charge is 0.493 e.